The number of pyridine rings is 1. The summed E-state index contributed by atoms with van der Waals surface area (Å²) in [6, 6.07) is 29.5. The lowest BCUT2D eigenvalue weighted by molar-refractivity contribution is -0.158. The maximum Gasteiger partial charge on any atom is 0.312 e. The Balaban J connectivity index is 1.00. The highest BCUT2D eigenvalue weighted by Gasteiger charge is 2.45. The van der Waals surface area contributed by atoms with Crippen LogP contribution in [-0.2, 0) is 41.8 Å². The van der Waals surface area contributed by atoms with E-state index in [-0.39, 0.29) is 24.7 Å². The molecule has 2 unspecified atom stereocenters. The van der Waals surface area contributed by atoms with Crippen LogP contribution in [0.15, 0.2) is 96.7 Å². The monoisotopic (exact) mass is 991 g/mol. The molecule has 3 aliphatic heterocycles. The van der Waals surface area contributed by atoms with Gasteiger partial charge in [-0.25, -0.2) is 0 Å². The van der Waals surface area contributed by atoms with E-state index in [1.165, 1.54) is 5.57 Å². The zero-order chi connectivity index (χ0) is 48.8. The first kappa shape index (κ1) is 50.2. The molecule has 0 amide bonds. The lowest BCUT2D eigenvalue weighted by Gasteiger charge is -2.45. The van der Waals surface area contributed by atoms with Crippen LogP contribution in [0.3, 0.4) is 0 Å². The standard InChI is InChI=1S/C55H70ClN5O8Si/c1-6-66-53(62)45-19-18-43(31-48(45)61-21-10-26-68-52-49(61)30-41-20-22-60(51(41)57-52)38-65-28-29-70(3,4)5)58-23-24-59-35-47-46(40-14-16-42(56)17-15-40)32-55(2,54(63)69-36-39-12-8-7-9-13-39)33-50(47)67-27-11-25-64-37-44(59)34-58/h7-9,12-20,22,30-31,44,50,53,62H,6,10-11,21,23-29,32-38H2,1-5H3/t44-,50+,53?,55?/m0/s1. The maximum absolute atomic E-state index is 14.1. The topological polar surface area (TPSA) is 120 Å². The third-order valence-corrected chi connectivity index (χ3v) is 16.1. The molecule has 4 aliphatic rings. The Kier molecular flexibility index (Phi) is 16.0. The van der Waals surface area contributed by atoms with Crippen molar-refractivity contribution in [1.82, 2.24) is 14.5 Å². The largest absolute Gasteiger partial charge is 0.476 e. The number of fused-ring (bicyclic) bond motifs is 4. The van der Waals surface area contributed by atoms with Gasteiger partial charge >= 0.3 is 5.97 Å². The summed E-state index contributed by atoms with van der Waals surface area (Å²) in [6.45, 7) is 18.5. The van der Waals surface area contributed by atoms with E-state index in [2.05, 4.69) is 70.7 Å². The van der Waals surface area contributed by atoms with Crippen LogP contribution in [0.2, 0.25) is 30.7 Å². The minimum Gasteiger partial charge on any atom is -0.476 e. The predicted molar refractivity (Wildman–Crippen MR) is 279 cm³/mol. The van der Waals surface area contributed by atoms with Gasteiger partial charge in [0.05, 0.1) is 36.5 Å². The molecule has 5 aromatic rings. The van der Waals surface area contributed by atoms with E-state index in [0.29, 0.717) is 82.2 Å². The molecule has 2 fully saturated rings. The number of allylic oxidation sites excluding steroid dienone is 1. The lowest BCUT2D eigenvalue weighted by atomic mass is 9.69. The second-order valence-electron chi connectivity index (χ2n) is 20.6. The van der Waals surface area contributed by atoms with Crippen LogP contribution in [0.4, 0.5) is 17.1 Å². The van der Waals surface area contributed by atoms with E-state index < -0.39 is 19.8 Å². The van der Waals surface area contributed by atoms with E-state index in [9.17, 15) is 9.90 Å². The molecular weight excluding hydrogens is 922 g/mol. The second-order valence-corrected chi connectivity index (χ2v) is 26.7. The Labute approximate surface area is 419 Å². The van der Waals surface area contributed by atoms with Crippen molar-refractivity contribution in [1.29, 1.82) is 0 Å². The van der Waals surface area contributed by atoms with Crippen LogP contribution in [0.25, 0.3) is 16.6 Å². The molecule has 0 bridgehead atoms. The fraction of sp³-hybridized carbons (Fsp3) is 0.491. The molecule has 374 valence electrons. The molecule has 3 aromatic carbocycles. The van der Waals surface area contributed by atoms with Gasteiger partial charge in [0.1, 0.15) is 24.7 Å². The molecule has 15 heteroatoms. The molecule has 2 saturated heterocycles. The highest BCUT2D eigenvalue weighted by Crippen LogP contribution is 2.47. The Morgan fingerprint density at radius 2 is 1.80 bits per heavy atom. The highest BCUT2D eigenvalue weighted by molar-refractivity contribution is 6.76. The summed E-state index contributed by atoms with van der Waals surface area (Å²) in [7, 11) is -1.22. The third kappa shape index (κ3) is 11.8. The summed E-state index contributed by atoms with van der Waals surface area (Å²) in [6.07, 6.45) is 3.15. The second kappa shape index (κ2) is 22.3. The van der Waals surface area contributed by atoms with Gasteiger partial charge in [0, 0.05) is 95.1 Å². The molecule has 1 N–H and O–H groups in total. The first-order valence-electron chi connectivity index (χ1n) is 25.1. The zero-order valence-electron chi connectivity index (χ0n) is 41.5. The molecule has 0 radical (unpaired) electrons. The SMILES string of the molecule is CCOC(O)c1ccc(N2CCN3CC4=C(c5ccc(Cl)cc5)CC(C)(C(=O)OCc5ccccc5)C[C@H]4OCCCOC[C@@H]3C2)cc1N1CCCOc2nc3c(ccn3COCC[Si](C)(C)C)cc21. The number of hydrogen-bond donors (Lipinski definition) is 1. The van der Waals surface area contributed by atoms with E-state index in [1.54, 1.807) is 0 Å². The minimum atomic E-state index is -1.22. The fourth-order valence-corrected chi connectivity index (χ4v) is 11.1. The first-order chi connectivity index (χ1) is 33.9. The number of aliphatic hydroxyl groups is 1. The molecular formula is C55H70ClN5O8Si. The summed E-state index contributed by atoms with van der Waals surface area (Å²) >= 11 is 6.45. The average molecular weight is 993 g/mol. The number of carbonyl (C=O) groups is 1. The van der Waals surface area contributed by atoms with Gasteiger partial charge in [-0.2, -0.15) is 4.98 Å². The molecule has 5 heterocycles. The predicted octanol–water partition coefficient (Wildman–Crippen LogP) is 10.2. The highest BCUT2D eigenvalue weighted by atomic mass is 35.5. The van der Waals surface area contributed by atoms with Crippen LogP contribution in [-0.4, -0.2) is 118 Å². The van der Waals surface area contributed by atoms with Gasteiger partial charge in [-0.05, 0) is 110 Å². The van der Waals surface area contributed by atoms with Crippen molar-refractivity contribution in [2.24, 2.45) is 5.41 Å². The van der Waals surface area contributed by atoms with Crippen molar-refractivity contribution in [2.75, 3.05) is 82.2 Å². The van der Waals surface area contributed by atoms with Crippen LogP contribution in [0, 0.1) is 5.41 Å². The molecule has 2 aromatic heterocycles. The van der Waals surface area contributed by atoms with Crippen molar-refractivity contribution in [3.8, 4) is 5.88 Å². The van der Waals surface area contributed by atoms with Gasteiger partial charge in [-0.1, -0.05) is 73.7 Å². The van der Waals surface area contributed by atoms with Gasteiger partial charge in [-0.15, -0.1) is 0 Å². The summed E-state index contributed by atoms with van der Waals surface area (Å²) in [5.74, 6) is 0.335. The summed E-state index contributed by atoms with van der Waals surface area (Å²) < 4.78 is 39.7. The number of aromatic nitrogens is 2. The number of aliphatic hydroxyl groups excluding tert-OH is 1. The maximum atomic E-state index is 14.1. The Hall–Kier alpha value is -4.77. The van der Waals surface area contributed by atoms with E-state index >= 15 is 0 Å². The lowest BCUT2D eigenvalue weighted by Crippen LogP contribution is -2.56. The Morgan fingerprint density at radius 3 is 2.60 bits per heavy atom. The van der Waals surface area contributed by atoms with Gasteiger partial charge in [0.25, 0.3) is 0 Å². The quantitative estimate of drug-likeness (QED) is 0.0494. The average Bonchev–Trinajstić information content (AvgIpc) is 3.60. The fourth-order valence-electron chi connectivity index (χ4n) is 10.2. The number of halogens is 1. The third-order valence-electron chi connectivity index (χ3n) is 14.1. The van der Waals surface area contributed by atoms with Crippen molar-refractivity contribution in [2.45, 2.75) is 97.0 Å². The minimum absolute atomic E-state index is 0.0566. The van der Waals surface area contributed by atoms with Gasteiger partial charge in [0.15, 0.2) is 6.29 Å². The van der Waals surface area contributed by atoms with Gasteiger partial charge in [-0.3, -0.25) is 9.69 Å². The number of carbonyl (C=O) groups excluding carboxylic acids is 1. The molecule has 9 rings (SSSR count). The number of ether oxygens (including phenoxy) is 6. The van der Waals surface area contributed by atoms with E-state index in [4.69, 9.17) is 45.0 Å². The number of benzene rings is 3. The van der Waals surface area contributed by atoms with Crippen LogP contribution < -0.4 is 14.5 Å². The van der Waals surface area contributed by atoms with Crippen LogP contribution in [0.5, 0.6) is 5.88 Å². The number of esters is 1. The van der Waals surface area contributed by atoms with Crippen LogP contribution in [0.1, 0.15) is 62.5 Å². The molecule has 70 heavy (non-hydrogen) atoms. The van der Waals surface area contributed by atoms with E-state index in [1.807, 2.05) is 73.1 Å². The van der Waals surface area contributed by atoms with Crippen molar-refractivity contribution in [3.05, 3.63) is 118 Å². The summed E-state index contributed by atoms with van der Waals surface area (Å²) in [5, 5.41) is 13.2. The van der Waals surface area contributed by atoms with E-state index in [0.717, 1.165) is 89.9 Å². The zero-order valence-corrected chi connectivity index (χ0v) is 43.3. The molecule has 1 aliphatic carbocycles. The number of hydrogen-bond acceptors (Lipinski definition) is 12. The van der Waals surface area contributed by atoms with Gasteiger partial charge < -0.3 is 47.9 Å². The smallest absolute Gasteiger partial charge is 0.312 e. The molecule has 4 atom stereocenters. The van der Waals surface area contributed by atoms with Crippen LogP contribution >= 0.6 is 11.6 Å². The van der Waals surface area contributed by atoms with Crippen molar-refractivity contribution in [3.63, 3.8) is 0 Å². The summed E-state index contributed by atoms with van der Waals surface area (Å²) in [4.78, 5) is 26.5. The Morgan fingerprint density at radius 1 is 0.971 bits per heavy atom. The number of rotatable bonds is 14. The van der Waals surface area contributed by atoms with Crippen molar-refractivity contribution < 1.29 is 38.3 Å². The number of anilines is 3. The van der Waals surface area contributed by atoms with Gasteiger partial charge in [0.2, 0.25) is 5.88 Å². The molecule has 0 saturated carbocycles. The number of piperazine rings is 1. The summed E-state index contributed by atoms with van der Waals surface area (Å²) in [5.41, 5.74) is 7.74. The Bertz CT molecular complexity index is 2610. The molecule has 0 spiro atoms. The number of nitrogens with zero attached hydrogens (tertiary/aromatic N) is 5. The van der Waals surface area contributed by atoms with Crippen molar-refractivity contribution >= 4 is 59.3 Å². The normalized spacial score (nSPS) is 22.0. The molecule has 13 nitrogen and oxygen atoms in total. The first-order valence-corrected chi connectivity index (χ1v) is 29.2.